The zero-order chi connectivity index (χ0) is 10.8. The molecule has 0 unspecified atom stereocenters. The van der Waals surface area contributed by atoms with E-state index in [0.717, 1.165) is 16.7 Å². The molecule has 2 nitrogen and oxygen atoms in total. The van der Waals surface area contributed by atoms with Crippen LogP contribution in [0.2, 0.25) is 0 Å². The standard InChI is InChI=1S/C13H12O2/c1-9-8-10(14)6-7-11(9)12-4-2-3-5-13(12)15/h2-8,14-15H,1H3. The van der Waals surface area contributed by atoms with Crippen molar-refractivity contribution in [1.29, 1.82) is 0 Å². The molecule has 76 valence electrons. The van der Waals surface area contributed by atoms with Crippen molar-refractivity contribution in [2.24, 2.45) is 0 Å². The lowest BCUT2D eigenvalue weighted by Crippen LogP contribution is -1.83. The predicted molar refractivity (Wildman–Crippen MR) is 59.9 cm³/mol. The summed E-state index contributed by atoms with van der Waals surface area (Å²) < 4.78 is 0. The molecule has 0 fully saturated rings. The minimum atomic E-state index is 0.242. The third-order valence-corrected chi connectivity index (χ3v) is 2.40. The average Bonchev–Trinajstić information content (AvgIpc) is 2.20. The van der Waals surface area contributed by atoms with Gasteiger partial charge in [-0.05, 0) is 36.2 Å². The van der Waals surface area contributed by atoms with Crippen LogP contribution in [0, 0.1) is 6.92 Å². The second kappa shape index (κ2) is 3.65. The van der Waals surface area contributed by atoms with Gasteiger partial charge in [-0.25, -0.2) is 0 Å². The van der Waals surface area contributed by atoms with Crippen LogP contribution in [0.5, 0.6) is 11.5 Å². The smallest absolute Gasteiger partial charge is 0.123 e. The maximum atomic E-state index is 9.70. The van der Waals surface area contributed by atoms with Gasteiger partial charge in [0.2, 0.25) is 0 Å². The van der Waals surface area contributed by atoms with Gasteiger partial charge in [0, 0.05) is 5.56 Å². The molecule has 0 saturated heterocycles. The summed E-state index contributed by atoms with van der Waals surface area (Å²) >= 11 is 0. The fourth-order valence-corrected chi connectivity index (χ4v) is 1.65. The summed E-state index contributed by atoms with van der Waals surface area (Å²) in [6.45, 7) is 1.90. The molecule has 0 saturated carbocycles. The Morgan fingerprint density at radius 3 is 2.27 bits per heavy atom. The Bertz CT molecular complexity index is 490. The molecule has 2 aromatic rings. The zero-order valence-electron chi connectivity index (χ0n) is 8.44. The summed E-state index contributed by atoms with van der Waals surface area (Å²) in [5, 5.41) is 19.0. The first-order chi connectivity index (χ1) is 7.18. The molecule has 0 aliphatic carbocycles. The van der Waals surface area contributed by atoms with Crippen molar-refractivity contribution in [2.45, 2.75) is 6.92 Å². The van der Waals surface area contributed by atoms with Gasteiger partial charge in [0.15, 0.2) is 0 Å². The van der Waals surface area contributed by atoms with E-state index < -0.39 is 0 Å². The maximum absolute atomic E-state index is 9.70. The van der Waals surface area contributed by atoms with Gasteiger partial charge in [-0.15, -0.1) is 0 Å². The Labute approximate surface area is 88.4 Å². The first kappa shape index (κ1) is 9.59. The second-order valence-electron chi connectivity index (χ2n) is 3.52. The molecule has 15 heavy (non-hydrogen) atoms. The van der Waals surface area contributed by atoms with Gasteiger partial charge in [0.25, 0.3) is 0 Å². The molecular weight excluding hydrogens is 188 g/mol. The molecule has 2 heteroatoms. The van der Waals surface area contributed by atoms with Crippen LogP contribution in [0.1, 0.15) is 5.56 Å². The molecule has 0 atom stereocenters. The number of para-hydroxylation sites is 1. The Hall–Kier alpha value is -1.96. The van der Waals surface area contributed by atoms with Crippen LogP contribution in [0.3, 0.4) is 0 Å². The summed E-state index contributed by atoms with van der Waals surface area (Å²) in [4.78, 5) is 0. The van der Waals surface area contributed by atoms with E-state index in [-0.39, 0.29) is 11.5 Å². The van der Waals surface area contributed by atoms with Crippen molar-refractivity contribution < 1.29 is 10.2 Å². The van der Waals surface area contributed by atoms with E-state index in [1.54, 1.807) is 30.3 Å². The molecule has 0 aromatic heterocycles. The Balaban J connectivity index is 2.60. The zero-order valence-corrected chi connectivity index (χ0v) is 8.44. The Morgan fingerprint density at radius 2 is 1.60 bits per heavy atom. The van der Waals surface area contributed by atoms with Crippen LogP contribution in [-0.2, 0) is 0 Å². The van der Waals surface area contributed by atoms with Crippen LogP contribution in [0.4, 0.5) is 0 Å². The fraction of sp³-hybridized carbons (Fsp3) is 0.0769. The highest BCUT2D eigenvalue weighted by atomic mass is 16.3. The van der Waals surface area contributed by atoms with Gasteiger partial charge < -0.3 is 10.2 Å². The molecule has 2 rings (SSSR count). The minimum Gasteiger partial charge on any atom is -0.508 e. The number of phenolic OH excluding ortho intramolecular Hbond substituents is 2. The van der Waals surface area contributed by atoms with E-state index in [0.29, 0.717) is 0 Å². The summed E-state index contributed by atoms with van der Waals surface area (Å²) in [6, 6.07) is 12.3. The fourth-order valence-electron chi connectivity index (χ4n) is 1.65. The van der Waals surface area contributed by atoms with Gasteiger partial charge in [-0.1, -0.05) is 24.3 Å². The van der Waals surface area contributed by atoms with E-state index in [9.17, 15) is 10.2 Å². The predicted octanol–water partition coefficient (Wildman–Crippen LogP) is 3.07. The number of benzene rings is 2. The van der Waals surface area contributed by atoms with Crippen LogP contribution in [-0.4, -0.2) is 10.2 Å². The van der Waals surface area contributed by atoms with Crippen molar-refractivity contribution >= 4 is 0 Å². The number of hydrogen-bond acceptors (Lipinski definition) is 2. The summed E-state index contributed by atoms with van der Waals surface area (Å²) in [5.74, 6) is 0.498. The number of hydrogen-bond donors (Lipinski definition) is 2. The van der Waals surface area contributed by atoms with E-state index in [4.69, 9.17) is 0 Å². The SMILES string of the molecule is Cc1cc(O)ccc1-c1ccccc1O. The topological polar surface area (TPSA) is 40.5 Å². The lowest BCUT2D eigenvalue weighted by Gasteiger charge is -2.08. The van der Waals surface area contributed by atoms with E-state index in [1.807, 2.05) is 19.1 Å². The van der Waals surface area contributed by atoms with Crippen LogP contribution in [0.15, 0.2) is 42.5 Å². The molecule has 0 heterocycles. The highest BCUT2D eigenvalue weighted by Crippen LogP contribution is 2.32. The summed E-state index contributed by atoms with van der Waals surface area (Å²) in [5.41, 5.74) is 2.66. The lowest BCUT2D eigenvalue weighted by atomic mass is 10.00. The largest absolute Gasteiger partial charge is 0.508 e. The molecule has 0 radical (unpaired) electrons. The molecule has 0 amide bonds. The summed E-state index contributed by atoms with van der Waals surface area (Å²) in [6.07, 6.45) is 0. The first-order valence-electron chi connectivity index (χ1n) is 4.76. The van der Waals surface area contributed by atoms with Crippen molar-refractivity contribution in [3.8, 4) is 22.6 Å². The highest BCUT2D eigenvalue weighted by molar-refractivity contribution is 5.73. The van der Waals surface area contributed by atoms with Crippen LogP contribution in [0.25, 0.3) is 11.1 Å². The van der Waals surface area contributed by atoms with Crippen molar-refractivity contribution in [2.75, 3.05) is 0 Å². The van der Waals surface area contributed by atoms with E-state index in [1.165, 1.54) is 0 Å². The van der Waals surface area contributed by atoms with Gasteiger partial charge in [-0.2, -0.15) is 0 Å². The summed E-state index contributed by atoms with van der Waals surface area (Å²) in [7, 11) is 0. The number of aryl methyl sites for hydroxylation is 1. The van der Waals surface area contributed by atoms with Crippen molar-refractivity contribution in [3.05, 3.63) is 48.0 Å². The molecule has 2 aromatic carbocycles. The molecule has 2 N–H and O–H groups in total. The van der Waals surface area contributed by atoms with Gasteiger partial charge in [0.05, 0.1) is 0 Å². The number of aromatic hydroxyl groups is 2. The monoisotopic (exact) mass is 200 g/mol. The Morgan fingerprint density at radius 1 is 0.867 bits per heavy atom. The molecule has 0 spiro atoms. The van der Waals surface area contributed by atoms with Crippen molar-refractivity contribution in [1.82, 2.24) is 0 Å². The molecular formula is C13H12O2. The molecule has 0 bridgehead atoms. The third-order valence-electron chi connectivity index (χ3n) is 2.40. The molecule has 0 aliphatic heterocycles. The third kappa shape index (κ3) is 1.79. The maximum Gasteiger partial charge on any atom is 0.123 e. The van der Waals surface area contributed by atoms with E-state index >= 15 is 0 Å². The minimum absolute atomic E-state index is 0.242. The lowest BCUT2D eigenvalue weighted by molar-refractivity contribution is 0.473. The molecule has 0 aliphatic rings. The first-order valence-corrected chi connectivity index (χ1v) is 4.76. The van der Waals surface area contributed by atoms with Crippen LogP contribution >= 0.6 is 0 Å². The second-order valence-corrected chi connectivity index (χ2v) is 3.52. The van der Waals surface area contributed by atoms with Gasteiger partial charge in [0.1, 0.15) is 11.5 Å². The highest BCUT2D eigenvalue weighted by Gasteiger charge is 2.06. The van der Waals surface area contributed by atoms with Crippen molar-refractivity contribution in [3.63, 3.8) is 0 Å². The number of phenols is 2. The Kier molecular flexibility index (Phi) is 2.34. The van der Waals surface area contributed by atoms with Gasteiger partial charge >= 0.3 is 0 Å². The average molecular weight is 200 g/mol. The van der Waals surface area contributed by atoms with Crippen LogP contribution < -0.4 is 0 Å². The normalized spacial score (nSPS) is 10.2. The quantitative estimate of drug-likeness (QED) is 0.742. The van der Waals surface area contributed by atoms with Gasteiger partial charge in [-0.3, -0.25) is 0 Å². The van der Waals surface area contributed by atoms with E-state index in [2.05, 4.69) is 0 Å². The number of rotatable bonds is 1.